The van der Waals surface area contributed by atoms with Crippen LogP contribution in [-0.2, 0) is 5.75 Å². The molecule has 0 radical (unpaired) electrons. The Kier molecular flexibility index (Phi) is 3.71. The van der Waals surface area contributed by atoms with Gasteiger partial charge in [0.15, 0.2) is 5.16 Å². The van der Waals surface area contributed by atoms with E-state index in [1.165, 1.54) is 15.1 Å². The lowest BCUT2D eigenvalue weighted by Crippen LogP contribution is -1.96. The first-order valence-electron chi connectivity index (χ1n) is 7.12. The molecule has 0 unspecified atom stereocenters. The maximum Gasteiger partial charge on any atom is 0.191 e. The molecule has 4 rings (SSSR count). The Morgan fingerprint density at radius 3 is 2.74 bits per heavy atom. The number of aryl methyl sites for hydroxylation is 2. The Morgan fingerprint density at radius 1 is 1.09 bits per heavy atom. The second kappa shape index (κ2) is 5.74. The van der Waals surface area contributed by atoms with Crippen molar-refractivity contribution in [2.45, 2.75) is 24.8 Å². The summed E-state index contributed by atoms with van der Waals surface area (Å²) in [7, 11) is 0. The van der Waals surface area contributed by atoms with E-state index in [0.29, 0.717) is 5.82 Å². The summed E-state index contributed by atoms with van der Waals surface area (Å²) in [6, 6.07) is 8.19. The van der Waals surface area contributed by atoms with E-state index in [4.69, 9.17) is 5.73 Å². The third-order valence-corrected chi connectivity index (χ3v) is 6.88. The van der Waals surface area contributed by atoms with Crippen molar-refractivity contribution < 1.29 is 0 Å². The fraction of sp³-hybridized carbons (Fsp3) is 0.188. The number of hydrogen-bond acceptors (Lipinski definition) is 7. The van der Waals surface area contributed by atoms with Crippen molar-refractivity contribution in [3.63, 3.8) is 0 Å². The van der Waals surface area contributed by atoms with Crippen LogP contribution in [0.1, 0.15) is 15.4 Å². The van der Waals surface area contributed by atoms with Crippen molar-refractivity contribution >= 4 is 60.7 Å². The van der Waals surface area contributed by atoms with Gasteiger partial charge in [-0.05, 0) is 31.5 Å². The number of thiazole rings is 1. The van der Waals surface area contributed by atoms with E-state index in [9.17, 15) is 0 Å². The van der Waals surface area contributed by atoms with E-state index >= 15 is 0 Å². The molecule has 0 fully saturated rings. The van der Waals surface area contributed by atoms with Crippen LogP contribution in [0.15, 0.2) is 29.4 Å². The monoisotopic (exact) mass is 358 g/mol. The molecule has 0 saturated heterocycles. The number of nitrogens with two attached hydrogens (primary N) is 1. The fourth-order valence-electron chi connectivity index (χ4n) is 2.43. The summed E-state index contributed by atoms with van der Waals surface area (Å²) in [6.07, 6.45) is 0. The first-order valence-corrected chi connectivity index (χ1v) is 9.74. The third kappa shape index (κ3) is 2.69. The fourth-order valence-corrected chi connectivity index (χ4v) is 5.34. The number of thiophene rings is 1. The van der Waals surface area contributed by atoms with E-state index in [0.717, 1.165) is 31.7 Å². The Morgan fingerprint density at radius 2 is 1.91 bits per heavy atom. The summed E-state index contributed by atoms with van der Waals surface area (Å²) < 4.78 is 1.21. The zero-order valence-electron chi connectivity index (χ0n) is 12.7. The predicted molar refractivity (Wildman–Crippen MR) is 100 cm³/mol. The standard InChI is InChI=1S/C16H14N4S3/c1-8-9(2)22-15-13(8)14(17)19-16(20-15)21-7-12-18-10-5-3-4-6-11(10)23-12/h3-6H,7H2,1-2H3,(H2,17,19,20). The molecule has 3 heterocycles. The molecule has 23 heavy (non-hydrogen) atoms. The highest BCUT2D eigenvalue weighted by Gasteiger charge is 2.13. The Balaban J connectivity index is 1.62. The van der Waals surface area contributed by atoms with Gasteiger partial charge in [-0.15, -0.1) is 22.7 Å². The first-order chi connectivity index (χ1) is 11.1. The molecule has 3 aromatic heterocycles. The third-order valence-electron chi connectivity index (χ3n) is 3.70. The van der Waals surface area contributed by atoms with E-state index in [-0.39, 0.29) is 0 Å². The summed E-state index contributed by atoms with van der Waals surface area (Å²) >= 11 is 4.98. The van der Waals surface area contributed by atoms with Gasteiger partial charge in [0, 0.05) is 4.88 Å². The molecule has 0 aliphatic carbocycles. The number of hydrogen-bond donors (Lipinski definition) is 1. The van der Waals surface area contributed by atoms with Gasteiger partial charge in [0.1, 0.15) is 15.7 Å². The number of thioether (sulfide) groups is 1. The number of anilines is 1. The maximum absolute atomic E-state index is 6.13. The number of fused-ring (bicyclic) bond motifs is 2. The molecule has 2 N–H and O–H groups in total. The maximum atomic E-state index is 6.13. The minimum atomic E-state index is 0.573. The molecule has 1 aromatic carbocycles. The van der Waals surface area contributed by atoms with Crippen LogP contribution < -0.4 is 5.73 Å². The van der Waals surface area contributed by atoms with Crippen molar-refractivity contribution in [3.05, 3.63) is 39.7 Å². The molecule has 7 heteroatoms. The zero-order valence-corrected chi connectivity index (χ0v) is 15.1. The van der Waals surface area contributed by atoms with Gasteiger partial charge in [-0.2, -0.15) is 0 Å². The van der Waals surface area contributed by atoms with E-state index in [1.54, 1.807) is 34.4 Å². The highest BCUT2D eigenvalue weighted by atomic mass is 32.2. The van der Waals surface area contributed by atoms with Crippen molar-refractivity contribution in [2.24, 2.45) is 0 Å². The van der Waals surface area contributed by atoms with E-state index in [2.05, 4.69) is 34.9 Å². The van der Waals surface area contributed by atoms with Crippen LogP contribution in [0.4, 0.5) is 5.82 Å². The van der Waals surface area contributed by atoms with Crippen LogP contribution in [0, 0.1) is 13.8 Å². The van der Waals surface area contributed by atoms with E-state index in [1.807, 2.05) is 18.2 Å². The number of nitrogen functional groups attached to an aromatic ring is 1. The van der Waals surface area contributed by atoms with Gasteiger partial charge in [-0.1, -0.05) is 23.9 Å². The molecule has 0 bridgehead atoms. The number of rotatable bonds is 3. The lowest BCUT2D eigenvalue weighted by atomic mass is 10.2. The molecular formula is C16H14N4S3. The minimum absolute atomic E-state index is 0.573. The van der Waals surface area contributed by atoms with Crippen LogP contribution in [0.2, 0.25) is 0 Å². The van der Waals surface area contributed by atoms with Crippen LogP contribution in [0.5, 0.6) is 0 Å². The first kappa shape index (κ1) is 14.9. The molecular weight excluding hydrogens is 344 g/mol. The molecule has 0 atom stereocenters. The molecule has 0 aliphatic heterocycles. The predicted octanol–water partition coefficient (Wildman–Crippen LogP) is 4.79. The summed E-state index contributed by atoms with van der Waals surface area (Å²) in [5, 5.41) is 2.80. The summed E-state index contributed by atoms with van der Waals surface area (Å²) in [5.74, 6) is 1.33. The summed E-state index contributed by atoms with van der Waals surface area (Å²) in [5.41, 5.74) is 8.37. The Labute approximate surface area is 145 Å². The van der Waals surface area contributed by atoms with Crippen molar-refractivity contribution in [1.82, 2.24) is 15.0 Å². The quantitative estimate of drug-likeness (QED) is 0.421. The van der Waals surface area contributed by atoms with Gasteiger partial charge >= 0.3 is 0 Å². The number of aromatic nitrogens is 3. The van der Waals surface area contributed by atoms with Gasteiger partial charge in [-0.3, -0.25) is 0 Å². The normalized spacial score (nSPS) is 11.6. The van der Waals surface area contributed by atoms with Gasteiger partial charge in [0.05, 0.1) is 21.4 Å². The summed E-state index contributed by atoms with van der Waals surface area (Å²) in [6.45, 7) is 4.16. The molecule has 116 valence electrons. The van der Waals surface area contributed by atoms with Crippen LogP contribution in [0.3, 0.4) is 0 Å². The van der Waals surface area contributed by atoms with Crippen molar-refractivity contribution in [3.8, 4) is 0 Å². The van der Waals surface area contributed by atoms with Crippen LogP contribution in [-0.4, -0.2) is 15.0 Å². The van der Waals surface area contributed by atoms with Crippen molar-refractivity contribution in [1.29, 1.82) is 0 Å². The lowest BCUT2D eigenvalue weighted by molar-refractivity contribution is 1.02. The van der Waals surface area contributed by atoms with Crippen LogP contribution in [0.25, 0.3) is 20.4 Å². The van der Waals surface area contributed by atoms with Crippen molar-refractivity contribution in [2.75, 3.05) is 5.73 Å². The largest absolute Gasteiger partial charge is 0.383 e. The molecule has 0 saturated carbocycles. The van der Waals surface area contributed by atoms with Gasteiger partial charge < -0.3 is 5.73 Å². The number of benzene rings is 1. The Hall–Kier alpha value is -1.70. The molecule has 0 spiro atoms. The molecule has 4 aromatic rings. The smallest absolute Gasteiger partial charge is 0.191 e. The molecule has 0 aliphatic rings. The lowest BCUT2D eigenvalue weighted by Gasteiger charge is -2.01. The minimum Gasteiger partial charge on any atom is -0.383 e. The van der Waals surface area contributed by atoms with E-state index < -0.39 is 0 Å². The number of nitrogens with zero attached hydrogens (tertiary/aromatic N) is 3. The SMILES string of the molecule is Cc1sc2nc(SCc3nc4ccccc4s3)nc(N)c2c1C. The zero-order chi connectivity index (χ0) is 16.0. The molecule has 4 nitrogen and oxygen atoms in total. The molecule has 0 amide bonds. The average Bonchev–Trinajstić information content (AvgIpc) is 3.06. The highest BCUT2D eigenvalue weighted by molar-refractivity contribution is 7.98. The second-order valence-electron chi connectivity index (χ2n) is 5.22. The topological polar surface area (TPSA) is 64.7 Å². The van der Waals surface area contributed by atoms with Gasteiger partial charge in [0.2, 0.25) is 0 Å². The Bertz CT molecular complexity index is 986. The number of para-hydroxylation sites is 1. The second-order valence-corrected chi connectivity index (χ2v) is 8.48. The highest BCUT2D eigenvalue weighted by Crippen LogP contribution is 2.34. The average molecular weight is 359 g/mol. The van der Waals surface area contributed by atoms with Gasteiger partial charge in [0.25, 0.3) is 0 Å². The summed E-state index contributed by atoms with van der Waals surface area (Å²) in [4.78, 5) is 16.0. The van der Waals surface area contributed by atoms with Crippen LogP contribution >= 0.6 is 34.4 Å². The van der Waals surface area contributed by atoms with Gasteiger partial charge in [-0.25, -0.2) is 15.0 Å².